The summed E-state index contributed by atoms with van der Waals surface area (Å²) in [4.78, 5) is 8.35. The van der Waals surface area contributed by atoms with Gasteiger partial charge in [0.1, 0.15) is 0 Å². The molecule has 1 atom stereocenters. The highest BCUT2D eigenvalue weighted by Gasteiger charge is 2.34. The van der Waals surface area contributed by atoms with Crippen LogP contribution in [0.1, 0.15) is 26.2 Å². The summed E-state index contributed by atoms with van der Waals surface area (Å²) in [6, 6.07) is 4.57. The summed E-state index contributed by atoms with van der Waals surface area (Å²) in [6.45, 7) is 4.65. The van der Waals surface area contributed by atoms with Crippen molar-refractivity contribution >= 4 is 22.3 Å². The van der Waals surface area contributed by atoms with Crippen LogP contribution in [0, 0.1) is 0 Å². The second-order valence-electron chi connectivity index (χ2n) is 7.16. The molecule has 2 saturated heterocycles. The number of anilines is 1. The maximum Gasteiger partial charge on any atom is 0.401 e. The molecule has 27 heavy (non-hydrogen) atoms. The molecule has 0 bridgehead atoms. The summed E-state index contributed by atoms with van der Waals surface area (Å²) in [5.74, 6) is 0.728. The minimum absolute atomic E-state index is 0.0105. The number of hydrogen-bond acceptors (Lipinski definition) is 4. The van der Waals surface area contributed by atoms with Crippen molar-refractivity contribution in [1.29, 1.82) is 0 Å². The highest BCUT2D eigenvalue weighted by atomic mass is 32.1. The summed E-state index contributed by atoms with van der Waals surface area (Å²) < 4.78 is 37.7. The fourth-order valence-electron chi connectivity index (χ4n) is 3.72. The molecule has 9 heteroatoms. The van der Waals surface area contributed by atoms with E-state index in [4.69, 9.17) is 0 Å². The Balaban J connectivity index is 1.45. The van der Waals surface area contributed by atoms with Crippen LogP contribution < -0.4 is 15.5 Å². The van der Waals surface area contributed by atoms with Crippen LogP contribution in [0.5, 0.6) is 0 Å². The van der Waals surface area contributed by atoms with Gasteiger partial charge in [0.2, 0.25) is 0 Å². The molecule has 3 heterocycles. The number of hydrogen-bond donors (Lipinski definition) is 2. The standard InChI is InChI=1S/C18H28F3N5S/c1-2-22-17(24-15-5-8-25(12-15)13-18(19,20)21)23-14-6-9-26(10-7-14)16-4-3-11-27-16/h3-4,11,14-15H,2,5-10,12-13H2,1H3,(H2,22,23,24). The minimum Gasteiger partial charge on any atom is -0.363 e. The molecule has 3 rings (SSSR count). The lowest BCUT2D eigenvalue weighted by atomic mass is 10.1. The molecule has 5 nitrogen and oxygen atoms in total. The Morgan fingerprint density at radius 2 is 1.89 bits per heavy atom. The second kappa shape index (κ2) is 9.14. The van der Waals surface area contributed by atoms with E-state index in [-0.39, 0.29) is 6.04 Å². The maximum absolute atomic E-state index is 12.6. The van der Waals surface area contributed by atoms with Gasteiger partial charge in [0.25, 0.3) is 0 Å². The van der Waals surface area contributed by atoms with Crippen molar-refractivity contribution in [1.82, 2.24) is 15.5 Å². The summed E-state index contributed by atoms with van der Waals surface area (Å²) in [6.07, 6.45) is -1.39. The fraction of sp³-hybridized carbons (Fsp3) is 0.722. The number of aliphatic imine (C=N–C) groups is 1. The van der Waals surface area contributed by atoms with Gasteiger partial charge in [-0.3, -0.25) is 9.89 Å². The molecule has 1 unspecified atom stereocenters. The monoisotopic (exact) mass is 403 g/mol. The quantitative estimate of drug-likeness (QED) is 0.586. The van der Waals surface area contributed by atoms with E-state index in [0.29, 0.717) is 32.1 Å². The van der Waals surface area contributed by atoms with Gasteiger partial charge in [-0.25, -0.2) is 0 Å². The Labute approximate surface area is 162 Å². The number of rotatable bonds is 5. The van der Waals surface area contributed by atoms with Gasteiger partial charge in [0.15, 0.2) is 5.96 Å². The number of nitrogens with one attached hydrogen (secondary N) is 2. The molecule has 152 valence electrons. The van der Waals surface area contributed by atoms with Crippen LogP contribution in [-0.4, -0.2) is 68.4 Å². The minimum atomic E-state index is -4.13. The zero-order valence-corrected chi connectivity index (χ0v) is 16.5. The van der Waals surface area contributed by atoms with E-state index in [1.165, 1.54) is 9.90 Å². The summed E-state index contributed by atoms with van der Waals surface area (Å²) >= 11 is 1.76. The van der Waals surface area contributed by atoms with Gasteiger partial charge in [-0.05, 0) is 43.7 Å². The van der Waals surface area contributed by atoms with Gasteiger partial charge in [-0.2, -0.15) is 13.2 Å². The molecule has 0 aromatic carbocycles. The molecule has 1 aromatic rings. The molecule has 2 aliphatic heterocycles. The number of thiophene rings is 1. The van der Waals surface area contributed by atoms with Crippen LogP contribution in [0.3, 0.4) is 0 Å². The van der Waals surface area contributed by atoms with Crippen molar-refractivity contribution in [2.45, 2.75) is 44.4 Å². The van der Waals surface area contributed by atoms with Gasteiger partial charge in [-0.15, -0.1) is 11.3 Å². The Bertz CT molecular complexity index is 597. The first-order valence-corrected chi connectivity index (χ1v) is 10.5. The van der Waals surface area contributed by atoms with Crippen LogP contribution in [-0.2, 0) is 0 Å². The molecular formula is C18H28F3N5S. The predicted molar refractivity (Wildman–Crippen MR) is 105 cm³/mol. The number of alkyl halides is 3. The van der Waals surface area contributed by atoms with Gasteiger partial charge in [0, 0.05) is 44.8 Å². The zero-order valence-electron chi connectivity index (χ0n) is 15.6. The van der Waals surface area contributed by atoms with Crippen molar-refractivity contribution in [3.63, 3.8) is 0 Å². The summed E-state index contributed by atoms with van der Waals surface area (Å²) in [5, 5.41) is 10.2. The van der Waals surface area contributed by atoms with Gasteiger partial charge >= 0.3 is 6.18 Å². The molecule has 1 aromatic heterocycles. The molecule has 0 saturated carbocycles. The Morgan fingerprint density at radius 3 is 2.52 bits per heavy atom. The van der Waals surface area contributed by atoms with E-state index in [2.05, 4.69) is 38.0 Å². The van der Waals surface area contributed by atoms with E-state index in [1.54, 1.807) is 11.3 Å². The third-order valence-corrected chi connectivity index (χ3v) is 5.91. The lowest BCUT2D eigenvalue weighted by Gasteiger charge is -2.34. The van der Waals surface area contributed by atoms with E-state index < -0.39 is 12.7 Å². The zero-order chi connectivity index (χ0) is 19.3. The van der Waals surface area contributed by atoms with Crippen molar-refractivity contribution in [2.24, 2.45) is 4.99 Å². The van der Waals surface area contributed by atoms with E-state index in [9.17, 15) is 13.2 Å². The lowest BCUT2D eigenvalue weighted by molar-refractivity contribution is -0.143. The van der Waals surface area contributed by atoms with Crippen LogP contribution in [0.2, 0.25) is 0 Å². The Morgan fingerprint density at radius 1 is 1.19 bits per heavy atom. The fourth-order valence-corrected chi connectivity index (χ4v) is 4.50. The number of nitrogens with zero attached hydrogens (tertiary/aromatic N) is 3. The molecule has 0 aliphatic carbocycles. The number of likely N-dealkylation sites (tertiary alicyclic amines) is 1. The molecule has 2 N–H and O–H groups in total. The Kier molecular flexibility index (Phi) is 6.86. The predicted octanol–water partition coefficient (Wildman–Crippen LogP) is 2.91. The molecular weight excluding hydrogens is 375 g/mol. The van der Waals surface area contributed by atoms with Gasteiger partial charge < -0.3 is 15.5 Å². The third-order valence-electron chi connectivity index (χ3n) is 4.99. The van der Waals surface area contributed by atoms with Crippen LogP contribution in [0.25, 0.3) is 0 Å². The SMILES string of the molecule is CCN=C(NC1CCN(c2cccs2)CC1)NC1CCN(CC(F)(F)F)C1. The number of halogens is 3. The van der Waals surface area contributed by atoms with Gasteiger partial charge in [-0.1, -0.05) is 0 Å². The highest BCUT2D eigenvalue weighted by Crippen LogP contribution is 2.25. The molecule has 2 aliphatic rings. The van der Waals surface area contributed by atoms with Crippen LogP contribution in [0.15, 0.2) is 22.5 Å². The first-order chi connectivity index (χ1) is 12.9. The summed E-state index contributed by atoms with van der Waals surface area (Å²) in [7, 11) is 0. The largest absolute Gasteiger partial charge is 0.401 e. The van der Waals surface area contributed by atoms with E-state index in [1.807, 2.05) is 6.92 Å². The topological polar surface area (TPSA) is 42.9 Å². The van der Waals surface area contributed by atoms with Crippen LogP contribution >= 0.6 is 11.3 Å². The van der Waals surface area contributed by atoms with Crippen LogP contribution in [0.4, 0.5) is 18.2 Å². The Hall–Kier alpha value is -1.48. The van der Waals surface area contributed by atoms with Crippen molar-refractivity contribution in [3.05, 3.63) is 17.5 Å². The third kappa shape index (κ3) is 6.27. The lowest BCUT2D eigenvalue weighted by Crippen LogP contribution is -2.51. The molecule has 0 radical (unpaired) electrons. The van der Waals surface area contributed by atoms with Gasteiger partial charge in [0.05, 0.1) is 11.5 Å². The highest BCUT2D eigenvalue weighted by molar-refractivity contribution is 7.14. The molecule has 0 spiro atoms. The average molecular weight is 404 g/mol. The van der Waals surface area contributed by atoms with Crippen molar-refractivity contribution in [3.8, 4) is 0 Å². The molecule has 0 amide bonds. The molecule has 2 fully saturated rings. The second-order valence-corrected chi connectivity index (χ2v) is 8.09. The summed E-state index contributed by atoms with van der Waals surface area (Å²) in [5.41, 5.74) is 0. The average Bonchev–Trinajstić information content (AvgIpc) is 3.27. The van der Waals surface area contributed by atoms with Crippen molar-refractivity contribution < 1.29 is 13.2 Å². The van der Waals surface area contributed by atoms with Crippen molar-refractivity contribution in [2.75, 3.05) is 44.2 Å². The number of guanidine groups is 1. The normalized spacial score (nSPS) is 23.0. The first-order valence-electron chi connectivity index (χ1n) is 9.58. The smallest absolute Gasteiger partial charge is 0.363 e. The maximum atomic E-state index is 12.6. The number of piperidine rings is 1. The first kappa shape index (κ1) is 20.3. The van der Waals surface area contributed by atoms with E-state index in [0.717, 1.165) is 31.9 Å². The van der Waals surface area contributed by atoms with E-state index >= 15 is 0 Å².